The van der Waals surface area contributed by atoms with Gasteiger partial charge in [-0.05, 0) is 45.7 Å². The molecule has 1 amide bonds. The van der Waals surface area contributed by atoms with Crippen molar-refractivity contribution in [1.29, 1.82) is 0 Å². The normalized spacial score (nSPS) is 21.3. The highest BCUT2D eigenvalue weighted by molar-refractivity contribution is 5.81. The van der Waals surface area contributed by atoms with E-state index in [1.807, 2.05) is 6.92 Å². The molecule has 1 aliphatic heterocycles. The zero-order valence-electron chi connectivity index (χ0n) is 13.4. The van der Waals surface area contributed by atoms with Gasteiger partial charge in [-0.2, -0.15) is 4.98 Å². The summed E-state index contributed by atoms with van der Waals surface area (Å²) < 4.78 is 5.22. The van der Waals surface area contributed by atoms with Gasteiger partial charge in [-0.3, -0.25) is 9.69 Å². The molecule has 6 heteroatoms. The second-order valence-corrected chi connectivity index (χ2v) is 6.49. The molecule has 1 aromatic heterocycles. The van der Waals surface area contributed by atoms with Crippen LogP contribution < -0.4 is 5.32 Å². The molecule has 0 spiro atoms. The number of hydrogen-bond donors (Lipinski definition) is 1. The van der Waals surface area contributed by atoms with Gasteiger partial charge in [-0.1, -0.05) is 18.0 Å². The highest BCUT2D eigenvalue weighted by Gasteiger charge is 2.28. The van der Waals surface area contributed by atoms with Crippen LogP contribution in [0, 0.1) is 0 Å². The zero-order valence-corrected chi connectivity index (χ0v) is 13.4. The first-order chi connectivity index (χ1) is 10.7. The van der Waals surface area contributed by atoms with Gasteiger partial charge in [0.1, 0.15) is 0 Å². The molecule has 1 saturated carbocycles. The van der Waals surface area contributed by atoms with Crippen LogP contribution >= 0.6 is 0 Å². The first-order valence-corrected chi connectivity index (χ1v) is 8.58. The van der Waals surface area contributed by atoms with E-state index in [0.29, 0.717) is 24.8 Å². The van der Waals surface area contributed by atoms with Crippen molar-refractivity contribution in [3.63, 3.8) is 0 Å². The van der Waals surface area contributed by atoms with Gasteiger partial charge in [0.2, 0.25) is 11.8 Å². The van der Waals surface area contributed by atoms with E-state index in [1.54, 1.807) is 0 Å². The molecule has 0 bridgehead atoms. The molecule has 3 rings (SSSR count). The molecule has 1 unspecified atom stereocenters. The summed E-state index contributed by atoms with van der Waals surface area (Å²) in [5, 5.41) is 6.98. The van der Waals surface area contributed by atoms with Gasteiger partial charge in [0, 0.05) is 18.9 Å². The number of nitrogens with one attached hydrogen (secondary N) is 1. The third-order valence-electron chi connectivity index (χ3n) is 4.63. The number of carbonyl (C=O) groups is 1. The lowest BCUT2D eigenvalue weighted by atomic mass is 10.2. The summed E-state index contributed by atoms with van der Waals surface area (Å²) in [4.78, 5) is 18.9. The van der Waals surface area contributed by atoms with Crippen LogP contribution in [0.1, 0.15) is 63.1 Å². The molecular weight excluding hydrogens is 280 g/mol. The van der Waals surface area contributed by atoms with Gasteiger partial charge in [-0.15, -0.1) is 0 Å². The van der Waals surface area contributed by atoms with Crippen molar-refractivity contribution in [3.05, 3.63) is 11.7 Å². The standard InChI is InChI=1S/C16H26N4O2/c1-12(20-10-4-2-3-5-11-20)16(21)17-9-8-14-18-15(19-22-14)13-6-7-13/h12-13H,2-11H2,1H3,(H,17,21). The summed E-state index contributed by atoms with van der Waals surface area (Å²) in [6.45, 7) is 4.62. The number of likely N-dealkylation sites (tertiary alicyclic amines) is 1. The fraction of sp³-hybridized carbons (Fsp3) is 0.812. The third kappa shape index (κ3) is 4.06. The van der Waals surface area contributed by atoms with Gasteiger partial charge in [-0.25, -0.2) is 0 Å². The van der Waals surface area contributed by atoms with Crippen LogP contribution in [-0.2, 0) is 11.2 Å². The summed E-state index contributed by atoms with van der Waals surface area (Å²) in [5.41, 5.74) is 0. The maximum atomic E-state index is 12.2. The van der Waals surface area contributed by atoms with Gasteiger partial charge in [0.25, 0.3) is 0 Å². The second-order valence-electron chi connectivity index (χ2n) is 6.49. The van der Waals surface area contributed by atoms with Crippen LogP contribution in [0.15, 0.2) is 4.52 Å². The van der Waals surface area contributed by atoms with E-state index in [1.165, 1.54) is 38.5 Å². The Hall–Kier alpha value is -1.43. The second kappa shape index (κ2) is 7.22. The van der Waals surface area contributed by atoms with E-state index in [2.05, 4.69) is 20.4 Å². The van der Waals surface area contributed by atoms with Crippen molar-refractivity contribution in [3.8, 4) is 0 Å². The number of aromatic nitrogens is 2. The maximum absolute atomic E-state index is 12.2. The number of nitrogens with zero attached hydrogens (tertiary/aromatic N) is 3. The number of rotatable bonds is 6. The van der Waals surface area contributed by atoms with E-state index in [4.69, 9.17) is 4.52 Å². The van der Waals surface area contributed by atoms with Gasteiger partial charge >= 0.3 is 0 Å². The van der Waals surface area contributed by atoms with Crippen LogP contribution in [-0.4, -0.2) is 46.6 Å². The lowest BCUT2D eigenvalue weighted by Gasteiger charge is -2.26. The summed E-state index contributed by atoms with van der Waals surface area (Å²) >= 11 is 0. The number of hydrogen-bond acceptors (Lipinski definition) is 5. The Morgan fingerprint density at radius 1 is 1.32 bits per heavy atom. The van der Waals surface area contributed by atoms with E-state index >= 15 is 0 Å². The molecule has 1 saturated heterocycles. The predicted octanol–water partition coefficient (Wildman–Crippen LogP) is 1.87. The molecule has 2 fully saturated rings. The van der Waals surface area contributed by atoms with Crippen LogP contribution in [0.5, 0.6) is 0 Å². The Bertz CT molecular complexity index is 490. The van der Waals surface area contributed by atoms with Crippen molar-refractivity contribution in [2.45, 2.75) is 63.8 Å². The van der Waals surface area contributed by atoms with Crippen molar-refractivity contribution in [1.82, 2.24) is 20.4 Å². The highest BCUT2D eigenvalue weighted by atomic mass is 16.5. The molecule has 0 radical (unpaired) electrons. The molecular formula is C16H26N4O2. The van der Waals surface area contributed by atoms with E-state index < -0.39 is 0 Å². The quantitative estimate of drug-likeness (QED) is 0.868. The zero-order chi connectivity index (χ0) is 15.4. The predicted molar refractivity (Wildman–Crippen MR) is 82.5 cm³/mol. The Balaban J connectivity index is 1.40. The lowest BCUT2D eigenvalue weighted by Crippen LogP contribution is -2.46. The summed E-state index contributed by atoms with van der Waals surface area (Å²) in [5.74, 6) is 2.07. The number of carbonyl (C=O) groups excluding carboxylic acids is 1. The first-order valence-electron chi connectivity index (χ1n) is 8.58. The largest absolute Gasteiger partial charge is 0.354 e. The molecule has 6 nitrogen and oxygen atoms in total. The van der Waals surface area contributed by atoms with E-state index in [9.17, 15) is 4.79 Å². The topological polar surface area (TPSA) is 71.3 Å². The average Bonchev–Trinajstić information content (AvgIpc) is 3.32. The Labute approximate surface area is 131 Å². The summed E-state index contributed by atoms with van der Waals surface area (Å²) in [7, 11) is 0. The molecule has 2 heterocycles. The Morgan fingerprint density at radius 2 is 2.05 bits per heavy atom. The van der Waals surface area contributed by atoms with Crippen LogP contribution in [0.3, 0.4) is 0 Å². The van der Waals surface area contributed by atoms with Crippen LogP contribution in [0.2, 0.25) is 0 Å². The first kappa shape index (κ1) is 15.5. The van der Waals surface area contributed by atoms with Crippen molar-refractivity contribution in [2.75, 3.05) is 19.6 Å². The minimum absolute atomic E-state index is 0.0530. The van der Waals surface area contributed by atoms with Gasteiger partial charge in [0.05, 0.1) is 6.04 Å². The molecule has 1 N–H and O–H groups in total. The highest BCUT2D eigenvalue weighted by Crippen LogP contribution is 2.38. The minimum atomic E-state index is -0.0530. The van der Waals surface area contributed by atoms with Crippen molar-refractivity contribution < 1.29 is 9.32 Å². The summed E-state index contributed by atoms with van der Waals surface area (Å²) in [6, 6.07) is -0.0530. The molecule has 0 aromatic carbocycles. The minimum Gasteiger partial charge on any atom is -0.354 e. The molecule has 1 aromatic rings. The van der Waals surface area contributed by atoms with Gasteiger partial charge in [0.15, 0.2) is 5.82 Å². The van der Waals surface area contributed by atoms with Crippen LogP contribution in [0.4, 0.5) is 0 Å². The molecule has 122 valence electrons. The van der Waals surface area contributed by atoms with Gasteiger partial charge < -0.3 is 9.84 Å². The lowest BCUT2D eigenvalue weighted by molar-refractivity contribution is -0.125. The van der Waals surface area contributed by atoms with Crippen molar-refractivity contribution in [2.24, 2.45) is 0 Å². The fourth-order valence-corrected chi connectivity index (χ4v) is 2.97. The molecule has 2 aliphatic rings. The monoisotopic (exact) mass is 306 g/mol. The van der Waals surface area contributed by atoms with E-state index in [0.717, 1.165) is 18.9 Å². The van der Waals surface area contributed by atoms with Crippen molar-refractivity contribution >= 4 is 5.91 Å². The SMILES string of the molecule is CC(C(=O)NCCc1nc(C2CC2)no1)N1CCCCCC1. The average molecular weight is 306 g/mol. The number of amides is 1. The molecule has 1 aliphatic carbocycles. The van der Waals surface area contributed by atoms with Crippen LogP contribution in [0.25, 0.3) is 0 Å². The smallest absolute Gasteiger partial charge is 0.237 e. The Morgan fingerprint density at radius 3 is 2.73 bits per heavy atom. The fourth-order valence-electron chi connectivity index (χ4n) is 2.97. The molecule has 22 heavy (non-hydrogen) atoms. The third-order valence-corrected chi connectivity index (χ3v) is 4.63. The summed E-state index contributed by atoms with van der Waals surface area (Å²) in [6.07, 6.45) is 7.91. The maximum Gasteiger partial charge on any atom is 0.237 e. The Kier molecular flexibility index (Phi) is 5.08. The van der Waals surface area contributed by atoms with E-state index in [-0.39, 0.29) is 11.9 Å². The molecule has 1 atom stereocenters.